The number of aromatic nitrogens is 1. The summed E-state index contributed by atoms with van der Waals surface area (Å²) in [6.07, 6.45) is 1.70. The highest BCUT2D eigenvalue weighted by Gasteiger charge is 2.19. The third kappa shape index (κ3) is 1.45. The van der Waals surface area contributed by atoms with E-state index in [1.54, 1.807) is 6.07 Å². The molecule has 15 heavy (non-hydrogen) atoms. The van der Waals surface area contributed by atoms with E-state index in [0.29, 0.717) is 5.69 Å². The van der Waals surface area contributed by atoms with Crippen LogP contribution in [-0.4, -0.2) is 31.7 Å². The summed E-state index contributed by atoms with van der Waals surface area (Å²) in [6, 6.07) is 3.05. The van der Waals surface area contributed by atoms with Gasteiger partial charge < -0.3 is 14.8 Å². The van der Waals surface area contributed by atoms with Gasteiger partial charge in [0, 0.05) is 18.1 Å². The number of hydrogen-bond acceptors (Lipinski definition) is 2. The first-order chi connectivity index (χ1) is 7.09. The van der Waals surface area contributed by atoms with Crippen LogP contribution in [0.1, 0.15) is 16.2 Å². The van der Waals surface area contributed by atoms with E-state index in [0.717, 1.165) is 4.90 Å². The highest BCUT2D eigenvalue weighted by Crippen LogP contribution is 2.17. The average molecular weight is 208 g/mol. The summed E-state index contributed by atoms with van der Waals surface area (Å²) in [7, 11) is 0. The van der Waals surface area contributed by atoms with E-state index in [1.165, 1.54) is 23.0 Å². The molecule has 2 N–H and O–H groups in total. The number of carbonyl (C=O) groups is 2. The van der Waals surface area contributed by atoms with E-state index >= 15 is 0 Å². The Kier molecular flexibility index (Phi) is 1.96. The van der Waals surface area contributed by atoms with Crippen molar-refractivity contribution in [3.8, 4) is 0 Å². The molecular weight excluding hydrogens is 200 g/mol. The molecule has 0 saturated carbocycles. The van der Waals surface area contributed by atoms with Gasteiger partial charge in [0.2, 0.25) is 0 Å². The van der Waals surface area contributed by atoms with Crippen LogP contribution in [-0.2, 0) is 6.54 Å². The topological polar surface area (TPSA) is 82.8 Å². The van der Waals surface area contributed by atoms with Crippen molar-refractivity contribution >= 4 is 18.3 Å². The molecule has 0 saturated heterocycles. The number of fused-ring (bicyclic) bond motifs is 1. The van der Waals surface area contributed by atoms with Gasteiger partial charge in [-0.25, -0.2) is 9.59 Å². The van der Waals surface area contributed by atoms with Gasteiger partial charge in [-0.15, -0.1) is 0 Å². The van der Waals surface area contributed by atoms with E-state index in [2.05, 4.69) is 0 Å². The van der Waals surface area contributed by atoms with Crippen molar-refractivity contribution in [2.24, 2.45) is 0 Å². The van der Waals surface area contributed by atoms with Gasteiger partial charge in [-0.1, -0.05) is 0 Å². The standard InChI is InChI=1S/C9H8N2O4/c12-8(13)7-2-1-6-5-10(9(14)15)3-4-11(6)7/h1-4H,5H2,(H,12,13)(H,14,15). The van der Waals surface area contributed by atoms with Crippen LogP contribution in [0, 0.1) is 0 Å². The lowest BCUT2D eigenvalue weighted by atomic mass is 10.4. The summed E-state index contributed by atoms with van der Waals surface area (Å²) >= 11 is 0. The average Bonchev–Trinajstić information content (AvgIpc) is 2.59. The van der Waals surface area contributed by atoms with Gasteiger partial charge in [-0.05, 0) is 12.1 Å². The molecule has 0 spiro atoms. The second-order valence-corrected chi connectivity index (χ2v) is 3.09. The lowest BCUT2D eigenvalue weighted by Gasteiger charge is -2.20. The van der Waals surface area contributed by atoms with E-state index < -0.39 is 12.1 Å². The first-order valence-electron chi connectivity index (χ1n) is 4.21. The number of aromatic carboxylic acids is 1. The molecule has 6 heteroatoms. The predicted octanol–water partition coefficient (Wildman–Crippen LogP) is 1.11. The maximum atomic E-state index is 10.8. The minimum absolute atomic E-state index is 0.131. The Hall–Kier alpha value is -2.24. The Morgan fingerprint density at radius 3 is 2.53 bits per heavy atom. The maximum Gasteiger partial charge on any atom is 0.411 e. The van der Waals surface area contributed by atoms with E-state index in [-0.39, 0.29) is 12.2 Å². The number of amides is 1. The largest absolute Gasteiger partial charge is 0.477 e. The van der Waals surface area contributed by atoms with Crippen LogP contribution in [0.2, 0.25) is 0 Å². The van der Waals surface area contributed by atoms with Crippen molar-refractivity contribution < 1.29 is 19.8 Å². The minimum atomic E-state index is -1.06. The van der Waals surface area contributed by atoms with E-state index in [1.807, 2.05) is 0 Å². The zero-order chi connectivity index (χ0) is 11.0. The predicted molar refractivity (Wildman–Crippen MR) is 50.3 cm³/mol. The molecule has 6 nitrogen and oxygen atoms in total. The molecule has 1 aromatic rings. The summed E-state index contributed by atoms with van der Waals surface area (Å²) in [5.74, 6) is -1.03. The Morgan fingerprint density at radius 1 is 1.20 bits per heavy atom. The third-order valence-electron chi connectivity index (χ3n) is 2.20. The fraction of sp³-hybridized carbons (Fsp3) is 0.111. The van der Waals surface area contributed by atoms with Gasteiger partial charge in [0.1, 0.15) is 5.69 Å². The number of rotatable bonds is 1. The number of carboxylic acid groups (broad SMARTS) is 2. The van der Waals surface area contributed by atoms with Crippen molar-refractivity contribution in [3.05, 3.63) is 29.7 Å². The second kappa shape index (κ2) is 3.16. The summed E-state index contributed by atoms with van der Waals surface area (Å²) in [6.45, 7) is 0.166. The van der Waals surface area contributed by atoms with Gasteiger partial charge in [0.25, 0.3) is 0 Å². The zero-order valence-electron chi connectivity index (χ0n) is 7.62. The summed E-state index contributed by atoms with van der Waals surface area (Å²) in [5, 5.41) is 17.5. The van der Waals surface area contributed by atoms with Crippen LogP contribution < -0.4 is 0 Å². The smallest absolute Gasteiger partial charge is 0.411 e. The fourth-order valence-electron chi connectivity index (χ4n) is 1.48. The molecule has 2 heterocycles. The minimum Gasteiger partial charge on any atom is -0.477 e. The van der Waals surface area contributed by atoms with Crippen molar-refractivity contribution in [1.82, 2.24) is 9.47 Å². The summed E-state index contributed by atoms with van der Waals surface area (Å²) < 4.78 is 1.46. The molecule has 0 fully saturated rings. The highest BCUT2D eigenvalue weighted by molar-refractivity contribution is 5.87. The van der Waals surface area contributed by atoms with Crippen molar-refractivity contribution in [3.63, 3.8) is 0 Å². The summed E-state index contributed by atoms with van der Waals surface area (Å²) in [4.78, 5) is 22.5. The van der Waals surface area contributed by atoms with Crippen LogP contribution in [0.3, 0.4) is 0 Å². The van der Waals surface area contributed by atoms with Gasteiger partial charge in [0.05, 0.1) is 6.54 Å². The molecule has 1 aliphatic rings. The molecule has 0 aromatic carbocycles. The van der Waals surface area contributed by atoms with Crippen LogP contribution in [0.5, 0.6) is 0 Å². The lowest BCUT2D eigenvalue weighted by Crippen LogP contribution is -2.27. The molecule has 1 aliphatic heterocycles. The van der Waals surface area contributed by atoms with Crippen molar-refractivity contribution in [2.75, 3.05) is 0 Å². The van der Waals surface area contributed by atoms with Gasteiger partial charge in [-0.2, -0.15) is 0 Å². The first-order valence-corrected chi connectivity index (χ1v) is 4.21. The molecule has 0 aliphatic carbocycles. The van der Waals surface area contributed by atoms with Gasteiger partial charge in [0.15, 0.2) is 0 Å². The van der Waals surface area contributed by atoms with Crippen LogP contribution >= 0.6 is 0 Å². The Labute approximate surface area is 84.7 Å². The highest BCUT2D eigenvalue weighted by atomic mass is 16.4. The molecule has 1 amide bonds. The first kappa shape index (κ1) is 9.32. The second-order valence-electron chi connectivity index (χ2n) is 3.09. The quantitative estimate of drug-likeness (QED) is 0.724. The van der Waals surface area contributed by atoms with Crippen molar-refractivity contribution in [2.45, 2.75) is 6.54 Å². The number of hydrogen-bond donors (Lipinski definition) is 2. The Balaban J connectivity index is 2.38. The normalized spacial score (nSPS) is 13.7. The monoisotopic (exact) mass is 208 g/mol. The molecule has 1 aromatic heterocycles. The molecule has 0 radical (unpaired) electrons. The molecule has 78 valence electrons. The van der Waals surface area contributed by atoms with E-state index in [4.69, 9.17) is 10.2 Å². The molecule has 0 bridgehead atoms. The molecule has 2 rings (SSSR count). The molecule has 0 atom stereocenters. The summed E-state index contributed by atoms with van der Waals surface area (Å²) in [5.41, 5.74) is 0.767. The van der Waals surface area contributed by atoms with Crippen LogP contribution in [0.15, 0.2) is 18.3 Å². The number of nitrogens with zero attached hydrogens (tertiary/aromatic N) is 2. The third-order valence-corrected chi connectivity index (χ3v) is 2.20. The molecule has 0 unspecified atom stereocenters. The van der Waals surface area contributed by atoms with Crippen molar-refractivity contribution in [1.29, 1.82) is 0 Å². The fourth-order valence-corrected chi connectivity index (χ4v) is 1.48. The maximum absolute atomic E-state index is 10.8. The Bertz CT molecular complexity index is 461. The van der Waals surface area contributed by atoms with Crippen LogP contribution in [0.25, 0.3) is 6.20 Å². The number of carboxylic acids is 1. The SMILES string of the molecule is O=C(O)c1ccc2n1C=CN(C(=O)O)C2. The van der Waals surface area contributed by atoms with Crippen LogP contribution in [0.4, 0.5) is 4.79 Å². The van der Waals surface area contributed by atoms with E-state index in [9.17, 15) is 9.59 Å². The zero-order valence-corrected chi connectivity index (χ0v) is 7.62. The molecular formula is C9H8N2O4. The lowest BCUT2D eigenvalue weighted by molar-refractivity contribution is 0.0688. The van der Waals surface area contributed by atoms with Gasteiger partial charge in [-0.3, -0.25) is 4.90 Å². The Morgan fingerprint density at radius 2 is 1.93 bits per heavy atom. The van der Waals surface area contributed by atoms with Gasteiger partial charge >= 0.3 is 12.1 Å².